The number of rotatable bonds is 4. The maximum Gasteiger partial charge on any atom is 0.124 e. The van der Waals surface area contributed by atoms with Crippen LogP contribution in [0.5, 0.6) is 0 Å². The van der Waals surface area contributed by atoms with E-state index >= 15 is 0 Å². The molecule has 0 amide bonds. The molecule has 0 radical (unpaired) electrons. The summed E-state index contributed by atoms with van der Waals surface area (Å²) in [5, 5.41) is 8.36. The summed E-state index contributed by atoms with van der Waals surface area (Å²) < 4.78 is 15.0. The predicted octanol–water partition coefficient (Wildman–Crippen LogP) is 4.22. The Morgan fingerprint density at radius 3 is 2.50 bits per heavy atom. The Kier molecular flexibility index (Phi) is 4.68. The lowest BCUT2D eigenvalue weighted by Crippen LogP contribution is -2.23. The lowest BCUT2D eigenvalue weighted by Gasteiger charge is -2.22. The van der Waals surface area contributed by atoms with Crippen molar-refractivity contribution in [3.8, 4) is 0 Å². The monoisotopic (exact) mass is 315 g/mol. The Morgan fingerprint density at radius 2 is 1.95 bits per heavy atom. The minimum absolute atomic E-state index is 0.160. The van der Waals surface area contributed by atoms with Crippen molar-refractivity contribution < 1.29 is 4.39 Å². The second-order valence-electron chi connectivity index (χ2n) is 4.80. The molecule has 0 saturated carbocycles. The van der Waals surface area contributed by atoms with Gasteiger partial charge < -0.3 is 5.32 Å². The van der Waals surface area contributed by atoms with Crippen LogP contribution in [0, 0.1) is 5.82 Å². The van der Waals surface area contributed by atoms with Crippen LogP contribution in [-0.4, -0.2) is 16.8 Å². The van der Waals surface area contributed by atoms with Crippen molar-refractivity contribution in [3.63, 3.8) is 0 Å². The van der Waals surface area contributed by atoms with E-state index in [-0.39, 0.29) is 17.9 Å². The molecule has 0 spiro atoms. The third-order valence-corrected chi connectivity index (χ3v) is 3.73. The molecular formula is C14H16Cl2FN3. The van der Waals surface area contributed by atoms with Crippen molar-refractivity contribution >= 4 is 23.2 Å². The van der Waals surface area contributed by atoms with Crippen molar-refractivity contribution in [2.45, 2.75) is 25.9 Å². The molecule has 6 heteroatoms. The van der Waals surface area contributed by atoms with E-state index in [9.17, 15) is 4.39 Å². The molecule has 0 saturated heterocycles. The molecule has 0 aliphatic heterocycles. The van der Waals surface area contributed by atoms with Crippen molar-refractivity contribution in [3.05, 3.63) is 51.5 Å². The Morgan fingerprint density at radius 1 is 1.25 bits per heavy atom. The van der Waals surface area contributed by atoms with Gasteiger partial charge in [-0.2, -0.15) is 5.10 Å². The standard InChI is InChI=1S/C14H16Cl2FN3/c1-8(2)20-14(12(16)7-19-20)13(18-3)10-5-4-9(17)6-11(10)15/h4-8,13,18H,1-3H3. The van der Waals surface area contributed by atoms with E-state index in [1.54, 1.807) is 19.3 Å². The Bertz CT molecular complexity index is 610. The topological polar surface area (TPSA) is 29.9 Å². The van der Waals surface area contributed by atoms with Gasteiger partial charge in [0.2, 0.25) is 0 Å². The van der Waals surface area contributed by atoms with E-state index < -0.39 is 0 Å². The lowest BCUT2D eigenvalue weighted by molar-refractivity contribution is 0.484. The molecule has 1 aromatic carbocycles. The zero-order valence-electron chi connectivity index (χ0n) is 11.5. The van der Waals surface area contributed by atoms with Crippen LogP contribution >= 0.6 is 23.2 Å². The van der Waals surface area contributed by atoms with Crippen molar-refractivity contribution in [2.75, 3.05) is 7.05 Å². The molecule has 20 heavy (non-hydrogen) atoms. The molecule has 1 unspecified atom stereocenters. The number of hydrogen-bond donors (Lipinski definition) is 1. The zero-order valence-corrected chi connectivity index (χ0v) is 13.0. The van der Waals surface area contributed by atoms with E-state index in [1.807, 2.05) is 18.5 Å². The highest BCUT2D eigenvalue weighted by Crippen LogP contribution is 2.33. The minimum atomic E-state index is -0.364. The van der Waals surface area contributed by atoms with Gasteiger partial charge in [-0.05, 0) is 38.6 Å². The van der Waals surface area contributed by atoms with E-state index in [4.69, 9.17) is 23.2 Å². The first-order valence-electron chi connectivity index (χ1n) is 6.30. The molecule has 0 aliphatic rings. The molecule has 0 fully saturated rings. The van der Waals surface area contributed by atoms with Gasteiger partial charge in [-0.25, -0.2) is 4.39 Å². The van der Waals surface area contributed by atoms with Crippen LogP contribution in [-0.2, 0) is 0 Å². The highest BCUT2D eigenvalue weighted by Gasteiger charge is 2.24. The van der Waals surface area contributed by atoms with Crippen LogP contribution in [0.2, 0.25) is 10.0 Å². The largest absolute Gasteiger partial charge is 0.308 e. The maximum absolute atomic E-state index is 13.2. The zero-order chi connectivity index (χ0) is 14.9. The van der Waals surface area contributed by atoms with Crippen LogP contribution in [0.15, 0.2) is 24.4 Å². The molecule has 0 bridgehead atoms. The first kappa shape index (κ1) is 15.3. The molecule has 1 aromatic heterocycles. The average molecular weight is 316 g/mol. The molecule has 1 heterocycles. The summed E-state index contributed by atoms with van der Waals surface area (Å²) in [7, 11) is 1.80. The van der Waals surface area contributed by atoms with Crippen molar-refractivity contribution in [2.24, 2.45) is 0 Å². The van der Waals surface area contributed by atoms with Gasteiger partial charge in [0, 0.05) is 11.1 Å². The Labute approximate surface area is 127 Å². The van der Waals surface area contributed by atoms with E-state index in [0.29, 0.717) is 10.0 Å². The van der Waals surface area contributed by atoms with Crippen molar-refractivity contribution in [1.29, 1.82) is 0 Å². The second kappa shape index (κ2) is 6.12. The first-order chi connectivity index (χ1) is 9.45. The molecule has 1 atom stereocenters. The quantitative estimate of drug-likeness (QED) is 0.915. The number of hydrogen-bond acceptors (Lipinski definition) is 2. The summed E-state index contributed by atoms with van der Waals surface area (Å²) in [6.45, 7) is 4.04. The predicted molar refractivity (Wildman–Crippen MR) is 79.9 cm³/mol. The number of nitrogens with one attached hydrogen (secondary N) is 1. The average Bonchev–Trinajstić information content (AvgIpc) is 2.75. The number of halogens is 3. The van der Waals surface area contributed by atoms with E-state index in [2.05, 4.69) is 10.4 Å². The number of aromatic nitrogens is 2. The van der Waals surface area contributed by atoms with Gasteiger partial charge in [0.15, 0.2) is 0 Å². The number of benzene rings is 1. The highest BCUT2D eigenvalue weighted by molar-refractivity contribution is 6.32. The summed E-state index contributed by atoms with van der Waals surface area (Å²) in [6.07, 6.45) is 1.61. The van der Waals surface area contributed by atoms with E-state index in [0.717, 1.165) is 11.3 Å². The second-order valence-corrected chi connectivity index (χ2v) is 5.62. The van der Waals surface area contributed by atoms with Crippen LogP contribution < -0.4 is 5.32 Å². The molecule has 3 nitrogen and oxygen atoms in total. The molecule has 2 rings (SSSR count). The third kappa shape index (κ3) is 2.82. The van der Waals surface area contributed by atoms with Gasteiger partial charge >= 0.3 is 0 Å². The van der Waals surface area contributed by atoms with Crippen LogP contribution in [0.4, 0.5) is 4.39 Å². The summed E-state index contributed by atoms with van der Waals surface area (Å²) in [5.74, 6) is -0.364. The molecule has 0 aliphatic carbocycles. The van der Waals surface area contributed by atoms with Crippen LogP contribution in [0.25, 0.3) is 0 Å². The van der Waals surface area contributed by atoms with Gasteiger partial charge in [0.1, 0.15) is 5.82 Å². The molecule has 2 aromatic rings. The summed E-state index contributed by atoms with van der Waals surface area (Å²) in [6, 6.07) is 4.25. The SMILES string of the molecule is CNC(c1ccc(F)cc1Cl)c1c(Cl)cnn1C(C)C. The normalized spacial score (nSPS) is 12.9. The molecule has 108 valence electrons. The van der Waals surface area contributed by atoms with Gasteiger partial charge in [0.05, 0.1) is 23.0 Å². The highest BCUT2D eigenvalue weighted by atomic mass is 35.5. The Balaban J connectivity index is 2.55. The first-order valence-corrected chi connectivity index (χ1v) is 7.06. The summed E-state index contributed by atoms with van der Waals surface area (Å²) in [5.41, 5.74) is 1.58. The summed E-state index contributed by atoms with van der Waals surface area (Å²) in [4.78, 5) is 0. The van der Waals surface area contributed by atoms with Gasteiger partial charge in [0.25, 0.3) is 0 Å². The van der Waals surface area contributed by atoms with Gasteiger partial charge in [-0.3, -0.25) is 4.68 Å². The Hall–Kier alpha value is -1.10. The fourth-order valence-electron chi connectivity index (χ4n) is 2.21. The number of nitrogens with zero attached hydrogens (tertiary/aromatic N) is 2. The van der Waals surface area contributed by atoms with E-state index in [1.165, 1.54) is 12.1 Å². The van der Waals surface area contributed by atoms with Gasteiger partial charge in [-0.1, -0.05) is 29.3 Å². The fourth-order valence-corrected chi connectivity index (χ4v) is 2.72. The van der Waals surface area contributed by atoms with Crippen molar-refractivity contribution in [1.82, 2.24) is 15.1 Å². The van der Waals surface area contributed by atoms with Gasteiger partial charge in [-0.15, -0.1) is 0 Å². The minimum Gasteiger partial charge on any atom is -0.308 e. The maximum atomic E-state index is 13.2. The lowest BCUT2D eigenvalue weighted by atomic mass is 10.0. The smallest absolute Gasteiger partial charge is 0.124 e. The fraction of sp³-hybridized carbons (Fsp3) is 0.357. The molecular weight excluding hydrogens is 300 g/mol. The third-order valence-electron chi connectivity index (χ3n) is 3.11. The molecule has 1 N–H and O–H groups in total. The summed E-state index contributed by atoms with van der Waals surface area (Å²) >= 11 is 12.4. The van der Waals surface area contributed by atoms with Crippen LogP contribution in [0.3, 0.4) is 0 Å². The van der Waals surface area contributed by atoms with Crippen LogP contribution in [0.1, 0.15) is 37.2 Å².